The van der Waals surface area contributed by atoms with E-state index in [4.69, 9.17) is 4.74 Å². The number of amides is 2. The van der Waals surface area contributed by atoms with Crippen LogP contribution in [-0.2, 0) is 32.6 Å². The highest BCUT2D eigenvalue weighted by molar-refractivity contribution is 7.92. The summed E-state index contributed by atoms with van der Waals surface area (Å²) in [6.45, 7) is 6.33. The molecule has 0 fully saturated rings. The lowest BCUT2D eigenvalue weighted by Gasteiger charge is -2.33. The van der Waals surface area contributed by atoms with Gasteiger partial charge in [0, 0.05) is 32.0 Å². The highest BCUT2D eigenvalue weighted by atomic mass is 32.2. The summed E-state index contributed by atoms with van der Waals surface area (Å²) in [5.41, 5.74) is 3.43. The van der Waals surface area contributed by atoms with Crippen LogP contribution < -0.4 is 14.4 Å². The van der Waals surface area contributed by atoms with Crippen molar-refractivity contribution in [1.82, 2.24) is 10.2 Å². The summed E-state index contributed by atoms with van der Waals surface area (Å²) >= 11 is 0. The van der Waals surface area contributed by atoms with Crippen molar-refractivity contribution in [2.75, 3.05) is 24.2 Å². The zero-order chi connectivity index (χ0) is 30.7. The number of carbonyl (C=O) groups is 2. The Morgan fingerprint density at radius 3 is 2.19 bits per heavy atom. The van der Waals surface area contributed by atoms with Crippen molar-refractivity contribution in [1.29, 1.82) is 0 Å². The van der Waals surface area contributed by atoms with Gasteiger partial charge in [0.2, 0.25) is 21.8 Å². The molecule has 0 radical (unpaired) electrons. The molecule has 2 amide bonds. The number of benzene rings is 3. The number of hydrogen-bond donors (Lipinski definition) is 1. The molecule has 2 atom stereocenters. The number of anilines is 1. The number of carbonyl (C=O) groups excluding carboxylic acids is 2. The van der Waals surface area contributed by atoms with E-state index in [0.717, 1.165) is 29.4 Å². The van der Waals surface area contributed by atoms with E-state index in [1.807, 2.05) is 75.4 Å². The van der Waals surface area contributed by atoms with E-state index in [1.54, 1.807) is 36.3 Å². The topological polar surface area (TPSA) is 96.0 Å². The third-order valence-electron chi connectivity index (χ3n) is 7.39. The Balaban J connectivity index is 1.89. The maximum Gasteiger partial charge on any atom is 0.243 e. The highest BCUT2D eigenvalue weighted by Crippen LogP contribution is 2.23. The molecule has 1 N–H and O–H groups in total. The van der Waals surface area contributed by atoms with E-state index < -0.39 is 16.1 Å². The van der Waals surface area contributed by atoms with Gasteiger partial charge < -0.3 is 15.0 Å². The number of ether oxygens (including phenoxy) is 1. The van der Waals surface area contributed by atoms with Gasteiger partial charge in [0.05, 0.1) is 19.1 Å². The fraction of sp³-hybridized carbons (Fsp3) is 0.394. The summed E-state index contributed by atoms with van der Waals surface area (Å²) in [6.07, 6.45) is 2.64. The number of methoxy groups -OCH3 is 1. The third kappa shape index (κ3) is 9.34. The fourth-order valence-electron chi connectivity index (χ4n) is 4.72. The van der Waals surface area contributed by atoms with E-state index in [2.05, 4.69) is 5.32 Å². The molecular formula is C33H43N3O5S. The summed E-state index contributed by atoms with van der Waals surface area (Å²) in [6, 6.07) is 23.5. The molecule has 226 valence electrons. The molecule has 0 aromatic heterocycles. The molecule has 8 nitrogen and oxygen atoms in total. The van der Waals surface area contributed by atoms with Crippen LogP contribution in [0, 0.1) is 6.92 Å². The molecule has 42 heavy (non-hydrogen) atoms. The predicted molar refractivity (Wildman–Crippen MR) is 168 cm³/mol. The van der Waals surface area contributed by atoms with Crippen LogP contribution in [0.4, 0.5) is 5.69 Å². The minimum atomic E-state index is -3.59. The van der Waals surface area contributed by atoms with Crippen molar-refractivity contribution in [2.24, 2.45) is 0 Å². The maximum atomic E-state index is 14.0. The Kier molecular flexibility index (Phi) is 12.0. The van der Waals surface area contributed by atoms with Crippen molar-refractivity contribution in [3.8, 4) is 5.75 Å². The molecule has 0 aliphatic heterocycles. The first-order valence-corrected chi connectivity index (χ1v) is 16.2. The fourth-order valence-corrected chi connectivity index (χ4v) is 5.68. The smallest absolute Gasteiger partial charge is 0.243 e. The average Bonchev–Trinajstić information content (AvgIpc) is 2.97. The van der Waals surface area contributed by atoms with Crippen molar-refractivity contribution < 1.29 is 22.7 Å². The Morgan fingerprint density at radius 2 is 1.60 bits per heavy atom. The largest absolute Gasteiger partial charge is 0.497 e. The van der Waals surface area contributed by atoms with Crippen LogP contribution in [-0.4, -0.2) is 57.1 Å². The molecule has 3 aromatic rings. The van der Waals surface area contributed by atoms with E-state index in [1.165, 1.54) is 4.31 Å². The minimum absolute atomic E-state index is 0.0426. The van der Waals surface area contributed by atoms with Crippen molar-refractivity contribution in [2.45, 2.75) is 65.1 Å². The van der Waals surface area contributed by atoms with E-state index >= 15 is 0 Å². The normalized spacial score (nSPS) is 12.7. The summed E-state index contributed by atoms with van der Waals surface area (Å²) < 4.78 is 31.8. The number of aryl methyl sites for hydroxylation is 1. The van der Waals surface area contributed by atoms with Gasteiger partial charge in [-0.05, 0) is 67.6 Å². The van der Waals surface area contributed by atoms with Gasteiger partial charge in [-0.25, -0.2) is 8.42 Å². The van der Waals surface area contributed by atoms with Gasteiger partial charge in [0.15, 0.2) is 0 Å². The van der Waals surface area contributed by atoms with Crippen LogP contribution in [0.25, 0.3) is 0 Å². The molecule has 3 aromatic carbocycles. The lowest BCUT2D eigenvalue weighted by atomic mass is 10.0. The van der Waals surface area contributed by atoms with Crippen LogP contribution in [0.2, 0.25) is 0 Å². The predicted octanol–water partition coefficient (Wildman–Crippen LogP) is 5.10. The molecule has 0 bridgehead atoms. The first-order valence-electron chi connectivity index (χ1n) is 14.3. The lowest BCUT2D eigenvalue weighted by molar-refractivity contribution is -0.141. The number of nitrogens with one attached hydrogen (secondary N) is 1. The van der Waals surface area contributed by atoms with Gasteiger partial charge in [-0.3, -0.25) is 13.9 Å². The van der Waals surface area contributed by atoms with Gasteiger partial charge >= 0.3 is 0 Å². The second-order valence-electron chi connectivity index (χ2n) is 10.6. The Morgan fingerprint density at radius 1 is 0.952 bits per heavy atom. The average molecular weight is 594 g/mol. The molecule has 0 aliphatic carbocycles. The van der Waals surface area contributed by atoms with Crippen molar-refractivity contribution >= 4 is 27.5 Å². The standard InChI is InChI=1S/C33H43N3O5S/c1-6-26(3)34-33(38)31(23-27-14-8-7-9-15-27)35(24-28-16-11-10-13-25(28)2)32(37)17-12-22-36(42(5,39)40)29-18-20-30(41-4)21-19-29/h7-11,13-16,18-21,26,31H,6,12,17,22-24H2,1-5H3,(H,34,38). The Bertz CT molecular complexity index is 1410. The zero-order valence-electron chi connectivity index (χ0n) is 25.2. The first-order chi connectivity index (χ1) is 20.0. The van der Waals surface area contributed by atoms with Crippen LogP contribution in [0.5, 0.6) is 5.75 Å². The van der Waals surface area contributed by atoms with Gasteiger partial charge in [0.1, 0.15) is 11.8 Å². The van der Waals surface area contributed by atoms with E-state index in [0.29, 0.717) is 17.9 Å². The van der Waals surface area contributed by atoms with Crippen LogP contribution in [0.1, 0.15) is 49.8 Å². The van der Waals surface area contributed by atoms with Crippen LogP contribution in [0.15, 0.2) is 78.9 Å². The van der Waals surface area contributed by atoms with Gasteiger partial charge in [-0.1, -0.05) is 61.5 Å². The van der Waals surface area contributed by atoms with Crippen LogP contribution >= 0.6 is 0 Å². The zero-order valence-corrected chi connectivity index (χ0v) is 26.1. The Labute approximate surface area is 250 Å². The first kappa shape index (κ1) is 32.7. The Hall–Kier alpha value is -3.85. The summed E-state index contributed by atoms with van der Waals surface area (Å²) in [5, 5.41) is 3.08. The second kappa shape index (κ2) is 15.4. The van der Waals surface area contributed by atoms with E-state index in [9.17, 15) is 18.0 Å². The molecule has 2 unspecified atom stereocenters. The molecule has 0 heterocycles. The summed E-state index contributed by atoms with van der Waals surface area (Å²) in [5.74, 6) is 0.210. The quantitative estimate of drug-likeness (QED) is 0.264. The molecule has 3 rings (SSSR count). The van der Waals surface area contributed by atoms with Crippen molar-refractivity contribution in [3.63, 3.8) is 0 Å². The van der Waals surface area contributed by atoms with E-state index in [-0.39, 0.29) is 43.8 Å². The molecule has 0 aliphatic rings. The molecule has 9 heteroatoms. The number of rotatable bonds is 15. The third-order valence-corrected chi connectivity index (χ3v) is 8.58. The summed E-state index contributed by atoms with van der Waals surface area (Å²) in [7, 11) is -2.05. The second-order valence-corrected chi connectivity index (χ2v) is 12.5. The minimum Gasteiger partial charge on any atom is -0.497 e. The maximum absolute atomic E-state index is 14.0. The molecule has 0 saturated heterocycles. The SMILES string of the molecule is CCC(C)NC(=O)C(Cc1ccccc1)N(Cc1ccccc1C)C(=O)CCCN(c1ccc(OC)cc1)S(C)(=O)=O. The van der Waals surface area contributed by atoms with Gasteiger partial charge in [-0.2, -0.15) is 0 Å². The van der Waals surface area contributed by atoms with Gasteiger partial charge in [0.25, 0.3) is 0 Å². The molecule has 0 saturated carbocycles. The van der Waals surface area contributed by atoms with Crippen LogP contribution in [0.3, 0.4) is 0 Å². The molecular weight excluding hydrogens is 550 g/mol. The number of nitrogens with zero attached hydrogens (tertiary/aromatic N) is 2. The summed E-state index contributed by atoms with van der Waals surface area (Å²) in [4.78, 5) is 29.3. The van der Waals surface area contributed by atoms with Gasteiger partial charge in [-0.15, -0.1) is 0 Å². The lowest BCUT2D eigenvalue weighted by Crippen LogP contribution is -2.52. The highest BCUT2D eigenvalue weighted by Gasteiger charge is 2.31. The number of sulfonamides is 1. The van der Waals surface area contributed by atoms with Crippen molar-refractivity contribution in [3.05, 3.63) is 95.6 Å². The monoisotopic (exact) mass is 593 g/mol. The number of hydrogen-bond acceptors (Lipinski definition) is 5. The molecule has 0 spiro atoms.